The van der Waals surface area contributed by atoms with Crippen LogP contribution in [0.2, 0.25) is 0 Å². The van der Waals surface area contributed by atoms with Gasteiger partial charge in [0.15, 0.2) is 5.13 Å². The lowest BCUT2D eigenvalue weighted by Crippen LogP contribution is -2.22. The number of carbonyl (C=O) groups is 3. The number of benzene rings is 2. The number of nitrogens with zero attached hydrogens (tertiary/aromatic N) is 6. The van der Waals surface area contributed by atoms with Gasteiger partial charge in [-0.05, 0) is 34.7 Å². The first-order valence-corrected chi connectivity index (χ1v) is 11.0. The third kappa shape index (κ3) is 5.48. The topological polar surface area (TPSA) is 132 Å². The predicted octanol–water partition coefficient (Wildman–Crippen LogP) is 2.81. The third-order valence-corrected chi connectivity index (χ3v) is 5.40. The quantitative estimate of drug-likeness (QED) is 0.383. The molecule has 12 heteroatoms. The fourth-order valence-corrected chi connectivity index (χ4v) is 3.92. The van der Waals surface area contributed by atoms with Crippen LogP contribution in [0.5, 0.6) is 0 Å². The number of tetrazole rings is 1. The van der Waals surface area contributed by atoms with Gasteiger partial charge in [0.1, 0.15) is 19.5 Å². The normalized spacial score (nSPS) is 10.5. The van der Waals surface area contributed by atoms with Crippen LogP contribution in [0.15, 0.2) is 66.3 Å². The molecule has 172 valence electrons. The molecule has 0 fully saturated rings. The SMILES string of the molecule is CC(=O)N(c1ccccc1)c1nc(COC(=O)c2ccccc2NC(=O)Cn2cnnn2)cs1. The molecule has 0 spiro atoms. The van der Waals surface area contributed by atoms with Crippen LogP contribution in [0, 0.1) is 0 Å². The summed E-state index contributed by atoms with van der Waals surface area (Å²) >= 11 is 1.27. The third-order valence-electron chi connectivity index (χ3n) is 4.53. The van der Waals surface area contributed by atoms with Gasteiger partial charge in [0, 0.05) is 12.3 Å². The van der Waals surface area contributed by atoms with Crippen LogP contribution in [0.25, 0.3) is 0 Å². The Morgan fingerprint density at radius 1 is 1.09 bits per heavy atom. The van der Waals surface area contributed by atoms with Crippen molar-refractivity contribution in [3.63, 3.8) is 0 Å². The molecule has 11 nitrogen and oxygen atoms in total. The van der Waals surface area contributed by atoms with Gasteiger partial charge in [0.25, 0.3) is 0 Å². The lowest BCUT2D eigenvalue weighted by atomic mass is 10.2. The van der Waals surface area contributed by atoms with Crippen LogP contribution in [0.1, 0.15) is 23.0 Å². The zero-order chi connectivity index (χ0) is 23.9. The molecule has 2 aromatic heterocycles. The van der Waals surface area contributed by atoms with E-state index in [0.717, 1.165) is 0 Å². The van der Waals surface area contributed by atoms with E-state index in [2.05, 4.69) is 25.8 Å². The number of carbonyl (C=O) groups excluding carboxylic acids is 3. The minimum absolute atomic E-state index is 0.0945. The van der Waals surface area contributed by atoms with Crippen LogP contribution in [-0.2, 0) is 27.5 Å². The first-order valence-electron chi connectivity index (χ1n) is 10.1. The molecule has 1 N–H and O–H groups in total. The Morgan fingerprint density at radius 3 is 2.59 bits per heavy atom. The number of hydrogen-bond donors (Lipinski definition) is 1. The maximum absolute atomic E-state index is 12.7. The Labute approximate surface area is 198 Å². The molecule has 0 radical (unpaired) electrons. The van der Waals surface area contributed by atoms with Gasteiger partial charge in [-0.15, -0.1) is 16.4 Å². The Balaban J connectivity index is 1.41. The second-order valence-corrected chi connectivity index (χ2v) is 7.83. The van der Waals surface area contributed by atoms with E-state index in [4.69, 9.17) is 4.74 Å². The maximum atomic E-state index is 12.7. The highest BCUT2D eigenvalue weighted by Crippen LogP contribution is 2.29. The first-order chi connectivity index (χ1) is 16.5. The summed E-state index contributed by atoms with van der Waals surface area (Å²) in [7, 11) is 0. The maximum Gasteiger partial charge on any atom is 0.340 e. The van der Waals surface area contributed by atoms with Gasteiger partial charge in [-0.3, -0.25) is 14.5 Å². The molecular formula is C22H19N7O4S. The number of ether oxygens (including phenoxy) is 1. The van der Waals surface area contributed by atoms with E-state index in [1.54, 1.807) is 29.6 Å². The lowest BCUT2D eigenvalue weighted by molar-refractivity contribution is -0.117. The van der Waals surface area contributed by atoms with Crippen molar-refractivity contribution in [3.8, 4) is 0 Å². The highest BCUT2D eigenvalue weighted by molar-refractivity contribution is 7.14. The fraction of sp³-hybridized carbons (Fsp3) is 0.136. The monoisotopic (exact) mass is 477 g/mol. The minimum Gasteiger partial charge on any atom is -0.455 e. The summed E-state index contributed by atoms with van der Waals surface area (Å²) in [4.78, 5) is 43.1. The second-order valence-electron chi connectivity index (χ2n) is 6.99. The van der Waals surface area contributed by atoms with E-state index in [-0.39, 0.29) is 24.6 Å². The number of aromatic nitrogens is 5. The smallest absolute Gasteiger partial charge is 0.340 e. The summed E-state index contributed by atoms with van der Waals surface area (Å²) in [5.41, 5.74) is 1.68. The molecule has 0 bridgehead atoms. The molecule has 4 aromatic rings. The summed E-state index contributed by atoms with van der Waals surface area (Å²) in [5, 5.41) is 15.4. The molecule has 0 saturated carbocycles. The molecule has 4 rings (SSSR count). The van der Waals surface area contributed by atoms with Gasteiger partial charge < -0.3 is 10.1 Å². The Kier molecular flexibility index (Phi) is 6.98. The fourth-order valence-electron chi connectivity index (χ4n) is 3.05. The lowest BCUT2D eigenvalue weighted by Gasteiger charge is -2.17. The summed E-state index contributed by atoms with van der Waals surface area (Å²) < 4.78 is 6.67. The Morgan fingerprint density at radius 2 is 1.85 bits per heavy atom. The number of hydrogen-bond acceptors (Lipinski definition) is 9. The van der Waals surface area contributed by atoms with Crippen LogP contribution in [0.3, 0.4) is 0 Å². The first kappa shape index (κ1) is 22.7. The highest BCUT2D eigenvalue weighted by Gasteiger charge is 2.19. The zero-order valence-electron chi connectivity index (χ0n) is 18.0. The molecular weight excluding hydrogens is 458 g/mol. The van der Waals surface area contributed by atoms with Crippen LogP contribution in [0.4, 0.5) is 16.5 Å². The van der Waals surface area contributed by atoms with Crippen molar-refractivity contribution in [3.05, 3.63) is 77.6 Å². The van der Waals surface area contributed by atoms with Crippen molar-refractivity contribution in [1.82, 2.24) is 25.2 Å². The predicted molar refractivity (Wildman–Crippen MR) is 123 cm³/mol. The molecule has 34 heavy (non-hydrogen) atoms. The van der Waals surface area contributed by atoms with E-state index in [9.17, 15) is 14.4 Å². The van der Waals surface area contributed by atoms with Crippen LogP contribution < -0.4 is 10.2 Å². The van der Waals surface area contributed by atoms with Gasteiger partial charge in [-0.1, -0.05) is 30.3 Å². The van der Waals surface area contributed by atoms with Crippen molar-refractivity contribution in [2.24, 2.45) is 0 Å². The van der Waals surface area contributed by atoms with Gasteiger partial charge in [0.05, 0.1) is 22.6 Å². The summed E-state index contributed by atoms with van der Waals surface area (Å²) in [6.07, 6.45) is 1.31. The van der Waals surface area contributed by atoms with Crippen molar-refractivity contribution in [2.45, 2.75) is 20.1 Å². The molecule has 0 aliphatic heterocycles. The van der Waals surface area contributed by atoms with Crippen LogP contribution >= 0.6 is 11.3 Å². The largest absolute Gasteiger partial charge is 0.455 e. The second kappa shape index (κ2) is 10.4. The summed E-state index contributed by atoms with van der Waals surface area (Å²) in [5.74, 6) is -1.21. The number of thiazole rings is 1. The van der Waals surface area contributed by atoms with E-state index >= 15 is 0 Å². The number of amides is 2. The van der Waals surface area contributed by atoms with Crippen molar-refractivity contribution < 1.29 is 19.1 Å². The van der Waals surface area contributed by atoms with E-state index < -0.39 is 11.9 Å². The number of para-hydroxylation sites is 2. The molecule has 0 saturated heterocycles. The average Bonchev–Trinajstić information content (AvgIpc) is 3.51. The number of rotatable bonds is 8. The standard InChI is InChI=1S/C22H19N7O4S/c1-15(30)29(17-7-3-2-4-8-17)22-24-16(13-34-22)12-33-21(32)18-9-5-6-10-19(18)25-20(31)11-28-14-23-26-27-28/h2-10,13-14H,11-12H2,1H3,(H,25,31). The number of anilines is 3. The molecule has 2 aromatic carbocycles. The molecule has 0 atom stereocenters. The van der Waals surface area contributed by atoms with E-state index in [1.165, 1.54) is 34.2 Å². The number of nitrogens with one attached hydrogen (secondary N) is 1. The van der Waals surface area contributed by atoms with Gasteiger partial charge in [-0.25, -0.2) is 14.5 Å². The molecule has 2 heterocycles. The van der Waals surface area contributed by atoms with Crippen molar-refractivity contribution in [2.75, 3.05) is 10.2 Å². The molecule has 0 unspecified atom stereocenters. The van der Waals surface area contributed by atoms with Crippen molar-refractivity contribution >= 4 is 45.6 Å². The molecule has 0 aliphatic rings. The summed E-state index contributed by atoms with van der Waals surface area (Å²) in [6.45, 7) is 1.26. The Hall–Kier alpha value is -4.45. The number of esters is 1. The zero-order valence-corrected chi connectivity index (χ0v) is 18.8. The van der Waals surface area contributed by atoms with Gasteiger partial charge in [-0.2, -0.15) is 0 Å². The highest BCUT2D eigenvalue weighted by atomic mass is 32.1. The van der Waals surface area contributed by atoms with E-state index in [1.807, 2.05) is 30.3 Å². The van der Waals surface area contributed by atoms with Crippen LogP contribution in [-0.4, -0.2) is 43.0 Å². The summed E-state index contributed by atoms with van der Waals surface area (Å²) in [6, 6.07) is 15.7. The van der Waals surface area contributed by atoms with Gasteiger partial charge >= 0.3 is 5.97 Å². The van der Waals surface area contributed by atoms with Crippen molar-refractivity contribution in [1.29, 1.82) is 0 Å². The average molecular weight is 478 g/mol. The molecule has 2 amide bonds. The van der Waals surface area contributed by atoms with Gasteiger partial charge in [0.2, 0.25) is 11.8 Å². The van der Waals surface area contributed by atoms with E-state index in [0.29, 0.717) is 22.2 Å². The minimum atomic E-state index is -0.626. The Bertz CT molecular complexity index is 1290. The molecule has 0 aliphatic carbocycles.